The van der Waals surface area contributed by atoms with Crippen molar-refractivity contribution < 1.29 is 13.7 Å². The van der Waals surface area contributed by atoms with Gasteiger partial charge in [-0.05, 0) is 35.9 Å². The first-order valence-electron chi connectivity index (χ1n) is 6.67. The molecular formula is C15H9ClFN3O3S. The molecule has 0 radical (unpaired) electrons. The molecule has 0 amide bonds. The van der Waals surface area contributed by atoms with E-state index in [4.69, 9.17) is 16.0 Å². The number of rotatable bonds is 5. The highest BCUT2D eigenvalue weighted by Gasteiger charge is 2.13. The normalized spacial score (nSPS) is 10.8. The molecule has 3 aromatic rings. The summed E-state index contributed by atoms with van der Waals surface area (Å²) in [7, 11) is 0. The van der Waals surface area contributed by atoms with E-state index in [1.165, 1.54) is 23.9 Å². The molecule has 122 valence electrons. The lowest BCUT2D eigenvalue weighted by Crippen LogP contribution is -1.92. The zero-order valence-corrected chi connectivity index (χ0v) is 13.6. The summed E-state index contributed by atoms with van der Waals surface area (Å²) in [5, 5.41) is 19.5. The van der Waals surface area contributed by atoms with Crippen LogP contribution in [0.1, 0.15) is 5.56 Å². The third-order valence-corrected chi connectivity index (χ3v) is 4.15. The molecule has 6 nitrogen and oxygen atoms in total. The quantitative estimate of drug-likeness (QED) is 0.369. The molecule has 0 aliphatic heterocycles. The van der Waals surface area contributed by atoms with E-state index in [1.807, 2.05) is 0 Å². The van der Waals surface area contributed by atoms with Gasteiger partial charge >= 0.3 is 0 Å². The summed E-state index contributed by atoms with van der Waals surface area (Å²) in [6.07, 6.45) is 0. The molecule has 0 aliphatic carbocycles. The van der Waals surface area contributed by atoms with E-state index in [9.17, 15) is 14.5 Å². The van der Waals surface area contributed by atoms with Crippen molar-refractivity contribution in [3.05, 3.63) is 69.0 Å². The predicted octanol–water partition coefficient (Wildman–Crippen LogP) is 4.73. The fourth-order valence-electron chi connectivity index (χ4n) is 1.94. The average molecular weight is 366 g/mol. The molecule has 0 aliphatic rings. The van der Waals surface area contributed by atoms with Crippen LogP contribution in [0.3, 0.4) is 0 Å². The van der Waals surface area contributed by atoms with Crippen molar-refractivity contribution in [3.63, 3.8) is 0 Å². The number of thioether (sulfide) groups is 1. The monoisotopic (exact) mass is 365 g/mol. The third-order valence-electron chi connectivity index (χ3n) is 3.01. The molecule has 24 heavy (non-hydrogen) atoms. The lowest BCUT2D eigenvalue weighted by molar-refractivity contribution is -0.385. The van der Waals surface area contributed by atoms with Crippen LogP contribution >= 0.6 is 23.4 Å². The Kier molecular flexibility index (Phi) is 4.77. The van der Waals surface area contributed by atoms with Crippen molar-refractivity contribution >= 4 is 29.1 Å². The number of halogens is 2. The van der Waals surface area contributed by atoms with Gasteiger partial charge in [-0.3, -0.25) is 10.1 Å². The summed E-state index contributed by atoms with van der Waals surface area (Å²) in [5.41, 5.74) is 0.885. The van der Waals surface area contributed by atoms with Gasteiger partial charge < -0.3 is 4.42 Å². The zero-order chi connectivity index (χ0) is 17.1. The fraction of sp³-hybridized carbons (Fsp3) is 0.0667. The van der Waals surface area contributed by atoms with Crippen LogP contribution in [-0.4, -0.2) is 15.1 Å². The first-order chi connectivity index (χ1) is 11.5. The Balaban J connectivity index is 1.72. The minimum atomic E-state index is -0.660. The molecule has 0 saturated heterocycles. The molecule has 1 aromatic heterocycles. The van der Waals surface area contributed by atoms with E-state index in [-0.39, 0.29) is 16.7 Å². The van der Waals surface area contributed by atoms with Gasteiger partial charge in [-0.25, -0.2) is 4.39 Å². The van der Waals surface area contributed by atoms with Gasteiger partial charge in [0.2, 0.25) is 5.89 Å². The molecule has 0 saturated carbocycles. The molecule has 0 fully saturated rings. The number of hydrogen-bond acceptors (Lipinski definition) is 6. The first kappa shape index (κ1) is 16.4. The zero-order valence-electron chi connectivity index (χ0n) is 12.0. The second-order valence-electron chi connectivity index (χ2n) is 4.74. The van der Waals surface area contributed by atoms with E-state index < -0.39 is 10.7 Å². The van der Waals surface area contributed by atoms with E-state index in [1.54, 1.807) is 24.3 Å². The van der Waals surface area contributed by atoms with Crippen LogP contribution in [0, 0.1) is 15.9 Å². The number of hydrogen-bond donors (Lipinski definition) is 0. The van der Waals surface area contributed by atoms with Crippen LogP contribution < -0.4 is 0 Å². The van der Waals surface area contributed by atoms with E-state index in [0.29, 0.717) is 16.5 Å². The third kappa shape index (κ3) is 3.90. The Hall–Kier alpha value is -2.45. The van der Waals surface area contributed by atoms with E-state index >= 15 is 0 Å². The SMILES string of the molecule is O=[N+]([O-])c1cc(F)cc(CSc2nnc(-c3ccc(Cl)cc3)o2)c1. The number of nitro groups is 1. The standard InChI is InChI=1S/C15H9ClFN3O3S/c16-11-3-1-10(2-4-11)14-18-19-15(23-14)24-8-9-5-12(17)7-13(6-9)20(21)22/h1-7H,8H2. The second-order valence-corrected chi connectivity index (χ2v) is 6.11. The number of non-ortho nitro benzene ring substituents is 1. The summed E-state index contributed by atoms with van der Waals surface area (Å²) in [6, 6.07) is 10.3. The van der Waals surface area contributed by atoms with E-state index in [0.717, 1.165) is 11.6 Å². The maximum atomic E-state index is 13.4. The second kappa shape index (κ2) is 6.98. The highest BCUT2D eigenvalue weighted by Crippen LogP contribution is 2.27. The Morgan fingerprint density at radius 3 is 2.67 bits per heavy atom. The molecule has 0 N–H and O–H groups in total. The molecule has 0 unspecified atom stereocenters. The summed E-state index contributed by atoms with van der Waals surface area (Å²) < 4.78 is 18.9. The van der Waals surface area contributed by atoms with Gasteiger partial charge in [-0.2, -0.15) is 0 Å². The summed E-state index contributed by atoms with van der Waals surface area (Å²) in [6.45, 7) is 0. The van der Waals surface area contributed by atoms with Crippen molar-refractivity contribution in [3.8, 4) is 11.5 Å². The van der Waals surface area contributed by atoms with Gasteiger partial charge in [-0.1, -0.05) is 23.4 Å². The highest BCUT2D eigenvalue weighted by molar-refractivity contribution is 7.98. The largest absolute Gasteiger partial charge is 0.411 e. The smallest absolute Gasteiger partial charge is 0.277 e. The van der Waals surface area contributed by atoms with Crippen molar-refractivity contribution in [1.29, 1.82) is 0 Å². The molecule has 1 heterocycles. The number of nitrogens with zero attached hydrogens (tertiary/aromatic N) is 3. The Morgan fingerprint density at radius 2 is 1.96 bits per heavy atom. The van der Waals surface area contributed by atoms with Crippen LogP contribution in [0.15, 0.2) is 52.1 Å². The molecular weight excluding hydrogens is 357 g/mol. The van der Waals surface area contributed by atoms with Crippen molar-refractivity contribution in [2.45, 2.75) is 11.0 Å². The molecule has 3 rings (SSSR count). The Labute approximate surface area is 144 Å². The molecule has 0 bridgehead atoms. The first-order valence-corrected chi connectivity index (χ1v) is 8.04. The summed E-state index contributed by atoms with van der Waals surface area (Å²) in [5.74, 6) is -0.0625. The van der Waals surface area contributed by atoms with Crippen LogP contribution in [0.5, 0.6) is 0 Å². The van der Waals surface area contributed by atoms with Gasteiger partial charge in [0.1, 0.15) is 5.82 Å². The maximum Gasteiger partial charge on any atom is 0.277 e. The summed E-state index contributed by atoms with van der Waals surface area (Å²) in [4.78, 5) is 10.1. The Morgan fingerprint density at radius 1 is 1.21 bits per heavy atom. The van der Waals surface area contributed by atoms with Gasteiger partial charge in [0.25, 0.3) is 10.9 Å². The lowest BCUT2D eigenvalue weighted by atomic mass is 10.2. The predicted molar refractivity (Wildman–Crippen MR) is 87.4 cm³/mol. The topological polar surface area (TPSA) is 82.1 Å². The van der Waals surface area contributed by atoms with E-state index in [2.05, 4.69) is 10.2 Å². The van der Waals surface area contributed by atoms with Crippen LogP contribution in [0.25, 0.3) is 11.5 Å². The minimum Gasteiger partial charge on any atom is -0.411 e. The fourth-order valence-corrected chi connectivity index (χ4v) is 2.76. The number of aromatic nitrogens is 2. The van der Waals surface area contributed by atoms with Gasteiger partial charge in [-0.15, -0.1) is 10.2 Å². The Bertz CT molecular complexity index is 886. The summed E-state index contributed by atoms with van der Waals surface area (Å²) >= 11 is 6.99. The maximum absolute atomic E-state index is 13.4. The number of benzene rings is 2. The van der Waals surface area contributed by atoms with Crippen LogP contribution in [0.4, 0.5) is 10.1 Å². The van der Waals surface area contributed by atoms with Crippen LogP contribution in [-0.2, 0) is 5.75 Å². The van der Waals surface area contributed by atoms with Crippen molar-refractivity contribution in [1.82, 2.24) is 10.2 Å². The minimum absolute atomic E-state index is 0.265. The lowest BCUT2D eigenvalue weighted by Gasteiger charge is -1.99. The van der Waals surface area contributed by atoms with Gasteiger partial charge in [0, 0.05) is 22.4 Å². The number of nitro benzene ring substituents is 1. The average Bonchev–Trinajstić information content (AvgIpc) is 3.02. The van der Waals surface area contributed by atoms with Gasteiger partial charge in [0.05, 0.1) is 11.0 Å². The highest BCUT2D eigenvalue weighted by atomic mass is 35.5. The van der Waals surface area contributed by atoms with Crippen molar-refractivity contribution in [2.75, 3.05) is 0 Å². The van der Waals surface area contributed by atoms with Crippen molar-refractivity contribution in [2.24, 2.45) is 0 Å². The van der Waals surface area contributed by atoms with Crippen LogP contribution in [0.2, 0.25) is 5.02 Å². The van der Waals surface area contributed by atoms with Gasteiger partial charge in [0.15, 0.2) is 0 Å². The molecule has 9 heteroatoms. The molecule has 0 atom stereocenters. The molecule has 0 spiro atoms. The molecule has 2 aromatic carbocycles.